The van der Waals surface area contributed by atoms with Crippen LogP contribution in [-0.4, -0.2) is 11.1 Å². The molecule has 0 bridgehead atoms. The fourth-order valence-corrected chi connectivity index (χ4v) is 1.27. The molecule has 0 aliphatic heterocycles. The SMILES string of the molecule is CC/C=C/C(C(=O)O)c1ccccc1. The van der Waals surface area contributed by atoms with Gasteiger partial charge in [0, 0.05) is 0 Å². The van der Waals surface area contributed by atoms with Crippen LogP contribution in [0.15, 0.2) is 42.5 Å². The average Bonchev–Trinajstić information content (AvgIpc) is 2.19. The van der Waals surface area contributed by atoms with Crippen molar-refractivity contribution in [1.82, 2.24) is 0 Å². The topological polar surface area (TPSA) is 37.3 Å². The molecule has 0 aliphatic carbocycles. The van der Waals surface area contributed by atoms with Gasteiger partial charge in [-0.25, -0.2) is 0 Å². The van der Waals surface area contributed by atoms with E-state index in [0.29, 0.717) is 0 Å². The summed E-state index contributed by atoms with van der Waals surface area (Å²) in [6.45, 7) is 1.99. The zero-order valence-corrected chi connectivity index (χ0v) is 8.18. The molecule has 74 valence electrons. The van der Waals surface area contributed by atoms with E-state index < -0.39 is 11.9 Å². The molecule has 0 saturated carbocycles. The fourth-order valence-electron chi connectivity index (χ4n) is 1.27. The van der Waals surface area contributed by atoms with Crippen molar-refractivity contribution in [3.8, 4) is 0 Å². The zero-order chi connectivity index (χ0) is 10.4. The van der Waals surface area contributed by atoms with Crippen molar-refractivity contribution in [3.63, 3.8) is 0 Å². The van der Waals surface area contributed by atoms with E-state index in [1.54, 1.807) is 6.08 Å². The summed E-state index contributed by atoms with van der Waals surface area (Å²) >= 11 is 0. The fraction of sp³-hybridized carbons (Fsp3) is 0.250. The Morgan fingerprint density at radius 2 is 2.07 bits per heavy atom. The van der Waals surface area contributed by atoms with Crippen LogP contribution in [0, 0.1) is 0 Å². The highest BCUT2D eigenvalue weighted by molar-refractivity contribution is 5.78. The second-order valence-electron chi connectivity index (χ2n) is 3.06. The van der Waals surface area contributed by atoms with E-state index in [2.05, 4.69) is 0 Å². The molecule has 2 nitrogen and oxygen atoms in total. The highest BCUT2D eigenvalue weighted by Gasteiger charge is 2.14. The maximum atomic E-state index is 11.0. The van der Waals surface area contributed by atoms with E-state index in [0.717, 1.165) is 12.0 Å². The van der Waals surface area contributed by atoms with Crippen LogP contribution in [-0.2, 0) is 4.79 Å². The first kappa shape index (κ1) is 10.5. The van der Waals surface area contributed by atoms with Gasteiger partial charge in [-0.1, -0.05) is 49.4 Å². The highest BCUT2D eigenvalue weighted by Crippen LogP contribution is 2.17. The molecule has 2 heteroatoms. The van der Waals surface area contributed by atoms with Gasteiger partial charge in [-0.2, -0.15) is 0 Å². The predicted molar refractivity (Wildman–Crippen MR) is 56.2 cm³/mol. The third kappa shape index (κ3) is 2.73. The molecule has 0 saturated heterocycles. The van der Waals surface area contributed by atoms with Crippen molar-refractivity contribution in [2.75, 3.05) is 0 Å². The van der Waals surface area contributed by atoms with Gasteiger partial charge < -0.3 is 5.11 Å². The first-order chi connectivity index (χ1) is 6.75. The van der Waals surface area contributed by atoms with Crippen molar-refractivity contribution < 1.29 is 9.90 Å². The summed E-state index contributed by atoms with van der Waals surface area (Å²) in [4.78, 5) is 11.0. The van der Waals surface area contributed by atoms with Crippen molar-refractivity contribution in [3.05, 3.63) is 48.0 Å². The third-order valence-corrected chi connectivity index (χ3v) is 1.99. The van der Waals surface area contributed by atoms with Crippen LogP contribution in [0.4, 0.5) is 0 Å². The number of carboxylic acid groups (broad SMARTS) is 1. The van der Waals surface area contributed by atoms with Crippen LogP contribution in [0.25, 0.3) is 0 Å². The molecule has 1 aromatic carbocycles. The third-order valence-electron chi connectivity index (χ3n) is 1.99. The lowest BCUT2D eigenvalue weighted by Crippen LogP contribution is -2.08. The van der Waals surface area contributed by atoms with Gasteiger partial charge in [-0.3, -0.25) is 4.79 Å². The van der Waals surface area contributed by atoms with Crippen molar-refractivity contribution in [1.29, 1.82) is 0 Å². The normalized spacial score (nSPS) is 12.9. The van der Waals surface area contributed by atoms with Gasteiger partial charge in [0.15, 0.2) is 0 Å². The van der Waals surface area contributed by atoms with Crippen molar-refractivity contribution >= 4 is 5.97 Å². The molecule has 1 N–H and O–H groups in total. The smallest absolute Gasteiger partial charge is 0.314 e. The van der Waals surface area contributed by atoms with Crippen LogP contribution in [0.5, 0.6) is 0 Å². The average molecular weight is 190 g/mol. The number of allylic oxidation sites excluding steroid dienone is 1. The number of carbonyl (C=O) groups is 1. The molecule has 1 atom stereocenters. The Balaban J connectivity index is 2.89. The van der Waals surface area contributed by atoms with Crippen LogP contribution >= 0.6 is 0 Å². The summed E-state index contributed by atoms with van der Waals surface area (Å²) < 4.78 is 0. The van der Waals surface area contributed by atoms with Crippen LogP contribution < -0.4 is 0 Å². The Morgan fingerprint density at radius 1 is 1.43 bits per heavy atom. The minimum Gasteiger partial charge on any atom is -0.481 e. The van der Waals surface area contributed by atoms with Crippen LogP contribution in [0.3, 0.4) is 0 Å². The number of carboxylic acids is 1. The molecule has 0 heterocycles. The Bertz CT molecular complexity index is 314. The van der Waals surface area contributed by atoms with Gasteiger partial charge in [0.1, 0.15) is 0 Å². The number of hydrogen-bond acceptors (Lipinski definition) is 1. The molecule has 0 fully saturated rings. The number of rotatable bonds is 4. The molecule has 14 heavy (non-hydrogen) atoms. The highest BCUT2D eigenvalue weighted by atomic mass is 16.4. The van der Waals surface area contributed by atoms with Gasteiger partial charge in [0.25, 0.3) is 0 Å². The Hall–Kier alpha value is -1.57. The van der Waals surface area contributed by atoms with Gasteiger partial charge in [-0.15, -0.1) is 0 Å². The lowest BCUT2D eigenvalue weighted by Gasteiger charge is -2.06. The molecule has 0 radical (unpaired) electrons. The Morgan fingerprint density at radius 3 is 2.57 bits per heavy atom. The monoisotopic (exact) mass is 190 g/mol. The van der Waals surface area contributed by atoms with E-state index in [4.69, 9.17) is 5.11 Å². The number of hydrogen-bond donors (Lipinski definition) is 1. The minimum absolute atomic E-state index is 0.517. The summed E-state index contributed by atoms with van der Waals surface area (Å²) in [6.07, 6.45) is 4.47. The summed E-state index contributed by atoms with van der Waals surface area (Å²) in [6, 6.07) is 9.25. The lowest BCUT2D eigenvalue weighted by atomic mass is 9.99. The number of benzene rings is 1. The summed E-state index contributed by atoms with van der Waals surface area (Å²) in [5.41, 5.74) is 0.824. The molecular weight excluding hydrogens is 176 g/mol. The molecule has 1 unspecified atom stereocenters. The lowest BCUT2D eigenvalue weighted by molar-refractivity contribution is -0.137. The first-order valence-electron chi connectivity index (χ1n) is 4.70. The predicted octanol–water partition coefficient (Wildman–Crippen LogP) is 2.82. The molecule has 0 aliphatic rings. The van der Waals surface area contributed by atoms with Gasteiger partial charge in [-0.05, 0) is 12.0 Å². The van der Waals surface area contributed by atoms with Crippen LogP contribution in [0.2, 0.25) is 0 Å². The van der Waals surface area contributed by atoms with Gasteiger partial charge >= 0.3 is 5.97 Å². The molecular formula is C12H14O2. The second-order valence-corrected chi connectivity index (χ2v) is 3.06. The molecule has 0 amide bonds. The zero-order valence-electron chi connectivity index (χ0n) is 8.18. The molecule has 1 aromatic rings. The summed E-state index contributed by atoms with van der Waals surface area (Å²) in [5.74, 6) is -1.32. The van der Waals surface area contributed by atoms with E-state index >= 15 is 0 Å². The standard InChI is InChI=1S/C12H14O2/c1-2-3-9-11(12(13)14)10-7-5-4-6-8-10/h3-9,11H,2H2,1H3,(H,13,14)/b9-3+. The van der Waals surface area contributed by atoms with Gasteiger partial charge in [0.05, 0.1) is 5.92 Å². The van der Waals surface area contributed by atoms with Crippen molar-refractivity contribution in [2.24, 2.45) is 0 Å². The van der Waals surface area contributed by atoms with E-state index in [1.165, 1.54) is 0 Å². The van der Waals surface area contributed by atoms with E-state index in [1.807, 2.05) is 43.3 Å². The molecule has 1 rings (SSSR count). The quantitative estimate of drug-likeness (QED) is 0.741. The largest absolute Gasteiger partial charge is 0.481 e. The second kappa shape index (κ2) is 5.22. The first-order valence-corrected chi connectivity index (χ1v) is 4.70. The van der Waals surface area contributed by atoms with E-state index in [-0.39, 0.29) is 0 Å². The number of aliphatic carboxylic acids is 1. The minimum atomic E-state index is -0.805. The van der Waals surface area contributed by atoms with Gasteiger partial charge in [0.2, 0.25) is 0 Å². The maximum Gasteiger partial charge on any atom is 0.314 e. The molecule has 0 aromatic heterocycles. The van der Waals surface area contributed by atoms with E-state index in [9.17, 15) is 4.79 Å². The molecule has 0 spiro atoms. The summed E-state index contributed by atoms with van der Waals surface area (Å²) in [5, 5.41) is 9.00. The maximum absolute atomic E-state index is 11.0. The van der Waals surface area contributed by atoms with Crippen LogP contribution in [0.1, 0.15) is 24.8 Å². The van der Waals surface area contributed by atoms with Crippen molar-refractivity contribution in [2.45, 2.75) is 19.3 Å². The Labute approximate surface area is 83.9 Å². The summed E-state index contributed by atoms with van der Waals surface area (Å²) in [7, 11) is 0. The Kier molecular flexibility index (Phi) is 3.92.